The lowest BCUT2D eigenvalue weighted by Gasteiger charge is -2.10. The van der Waals surface area contributed by atoms with Crippen LogP contribution in [0.4, 0.5) is 0 Å². The molecular formula is C20H17N3O3. The van der Waals surface area contributed by atoms with Crippen LogP contribution in [-0.2, 0) is 6.54 Å². The molecule has 130 valence electrons. The van der Waals surface area contributed by atoms with Crippen molar-refractivity contribution in [3.05, 3.63) is 78.6 Å². The second kappa shape index (κ2) is 6.76. The van der Waals surface area contributed by atoms with Gasteiger partial charge in [0.15, 0.2) is 17.1 Å². The van der Waals surface area contributed by atoms with E-state index < -0.39 is 0 Å². The first kappa shape index (κ1) is 16.0. The number of amides is 1. The molecule has 26 heavy (non-hydrogen) atoms. The van der Waals surface area contributed by atoms with Gasteiger partial charge in [-0.05, 0) is 23.8 Å². The van der Waals surface area contributed by atoms with Crippen molar-refractivity contribution in [1.29, 1.82) is 0 Å². The Hall–Kier alpha value is -3.54. The number of ether oxygens (including phenoxy) is 1. The van der Waals surface area contributed by atoms with Crippen molar-refractivity contribution in [2.24, 2.45) is 0 Å². The van der Waals surface area contributed by atoms with Gasteiger partial charge in [-0.15, -0.1) is 0 Å². The first-order valence-corrected chi connectivity index (χ1v) is 8.17. The van der Waals surface area contributed by atoms with Crippen LogP contribution in [0.5, 0.6) is 5.75 Å². The monoisotopic (exact) mass is 347 g/mol. The average Bonchev–Trinajstić information content (AvgIpc) is 3.35. The molecular weight excluding hydrogens is 330 g/mol. The van der Waals surface area contributed by atoms with Gasteiger partial charge in [0.05, 0.1) is 19.1 Å². The number of imidazole rings is 1. The zero-order valence-electron chi connectivity index (χ0n) is 14.2. The SMILES string of the molecule is COc1cccc2cc(C(=O)NCc3ccccc3-n3ccnc3)oc12. The molecule has 0 unspecified atom stereocenters. The number of carbonyl (C=O) groups excluding carboxylic acids is 1. The molecule has 4 rings (SSSR count). The molecule has 0 aliphatic carbocycles. The van der Waals surface area contributed by atoms with Gasteiger partial charge in [-0.2, -0.15) is 0 Å². The van der Waals surface area contributed by atoms with Crippen molar-refractivity contribution in [2.75, 3.05) is 7.11 Å². The number of hydrogen-bond acceptors (Lipinski definition) is 4. The molecule has 6 nitrogen and oxygen atoms in total. The Kier molecular flexibility index (Phi) is 4.15. The Morgan fingerprint density at radius 1 is 1.23 bits per heavy atom. The molecule has 0 fully saturated rings. The van der Waals surface area contributed by atoms with Crippen LogP contribution < -0.4 is 10.1 Å². The third kappa shape index (κ3) is 2.93. The van der Waals surface area contributed by atoms with Crippen LogP contribution >= 0.6 is 0 Å². The fourth-order valence-corrected chi connectivity index (χ4v) is 2.89. The summed E-state index contributed by atoms with van der Waals surface area (Å²) in [5.41, 5.74) is 2.52. The van der Waals surface area contributed by atoms with E-state index in [1.165, 1.54) is 0 Å². The van der Waals surface area contributed by atoms with E-state index >= 15 is 0 Å². The van der Waals surface area contributed by atoms with Crippen LogP contribution in [-0.4, -0.2) is 22.6 Å². The van der Waals surface area contributed by atoms with E-state index in [0.29, 0.717) is 17.9 Å². The number of nitrogens with one attached hydrogen (secondary N) is 1. The molecule has 0 aliphatic rings. The summed E-state index contributed by atoms with van der Waals surface area (Å²) in [4.78, 5) is 16.6. The Morgan fingerprint density at radius 2 is 2.12 bits per heavy atom. The van der Waals surface area contributed by atoms with E-state index in [1.807, 2.05) is 47.2 Å². The molecule has 0 atom stereocenters. The third-order valence-corrected chi connectivity index (χ3v) is 4.17. The molecule has 6 heteroatoms. The van der Waals surface area contributed by atoms with Crippen molar-refractivity contribution in [2.45, 2.75) is 6.54 Å². The lowest BCUT2D eigenvalue weighted by Crippen LogP contribution is -2.23. The topological polar surface area (TPSA) is 69.3 Å². The summed E-state index contributed by atoms with van der Waals surface area (Å²) in [5.74, 6) is 0.584. The van der Waals surface area contributed by atoms with Crippen molar-refractivity contribution in [3.8, 4) is 11.4 Å². The molecule has 0 aliphatic heterocycles. The summed E-state index contributed by atoms with van der Waals surface area (Å²) in [7, 11) is 1.57. The van der Waals surface area contributed by atoms with Gasteiger partial charge in [0, 0.05) is 24.3 Å². The second-order valence-corrected chi connectivity index (χ2v) is 5.77. The Bertz CT molecular complexity index is 1050. The highest BCUT2D eigenvalue weighted by Gasteiger charge is 2.15. The van der Waals surface area contributed by atoms with E-state index in [9.17, 15) is 4.79 Å². The van der Waals surface area contributed by atoms with Gasteiger partial charge in [-0.3, -0.25) is 4.79 Å². The van der Waals surface area contributed by atoms with E-state index in [-0.39, 0.29) is 11.7 Å². The smallest absolute Gasteiger partial charge is 0.287 e. The molecule has 4 aromatic rings. The molecule has 1 N–H and O–H groups in total. The number of furan rings is 1. The molecule has 2 aromatic heterocycles. The zero-order chi connectivity index (χ0) is 17.9. The van der Waals surface area contributed by atoms with E-state index in [2.05, 4.69) is 10.3 Å². The van der Waals surface area contributed by atoms with Crippen LogP contribution in [0.3, 0.4) is 0 Å². The molecule has 2 aromatic carbocycles. The second-order valence-electron chi connectivity index (χ2n) is 5.77. The minimum Gasteiger partial charge on any atom is -0.493 e. The number of hydrogen-bond donors (Lipinski definition) is 1. The Labute approximate surface area is 150 Å². The fraction of sp³-hybridized carbons (Fsp3) is 0.100. The van der Waals surface area contributed by atoms with Gasteiger partial charge in [0.1, 0.15) is 0 Å². The van der Waals surface area contributed by atoms with Crippen LogP contribution in [0.1, 0.15) is 16.1 Å². The van der Waals surface area contributed by atoms with Gasteiger partial charge in [0.2, 0.25) is 0 Å². The third-order valence-electron chi connectivity index (χ3n) is 4.17. The lowest BCUT2D eigenvalue weighted by molar-refractivity contribution is 0.0925. The van der Waals surface area contributed by atoms with E-state index in [4.69, 9.17) is 9.15 Å². The van der Waals surface area contributed by atoms with Crippen LogP contribution in [0.25, 0.3) is 16.7 Å². The predicted molar refractivity (Wildman–Crippen MR) is 97.5 cm³/mol. The van der Waals surface area contributed by atoms with E-state index in [0.717, 1.165) is 16.6 Å². The number of nitrogens with zero attached hydrogens (tertiary/aromatic N) is 2. The highest BCUT2D eigenvalue weighted by atomic mass is 16.5. The maximum Gasteiger partial charge on any atom is 0.287 e. The van der Waals surface area contributed by atoms with Gasteiger partial charge >= 0.3 is 0 Å². The number of aromatic nitrogens is 2. The number of rotatable bonds is 5. The minimum atomic E-state index is -0.274. The summed E-state index contributed by atoms with van der Waals surface area (Å²) in [6, 6.07) is 15.1. The number of methoxy groups -OCH3 is 1. The summed E-state index contributed by atoms with van der Waals surface area (Å²) in [5, 5.41) is 3.74. The normalized spacial score (nSPS) is 10.8. The first-order chi connectivity index (χ1) is 12.8. The number of para-hydroxylation sites is 2. The van der Waals surface area contributed by atoms with Crippen molar-refractivity contribution in [3.63, 3.8) is 0 Å². The molecule has 0 radical (unpaired) electrons. The van der Waals surface area contributed by atoms with Crippen molar-refractivity contribution >= 4 is 16.9 Å². The summed E-state index contributed by atoms with van der Waals surface area (Å²) >= 11 is 0. The van der Waals surface area contributed by atoms with E-state index in [1.54, 1.807) is 31.8 Å². The first-order valence-electron chi connectivity index (χ1n) is 8.17. The zero-order valence-corrected chi connectivity index (χ0v) is 14.2. The highest BCUT2D eigenvalue weighted by molar-refractivity contribution is 5.97. The number of carbonyl (C=O) groups is 1. The molecule has 0 spiro atoms. The van der Waals surface area contributed by atoms with Gasteiger partial charge in [-0.25, -0.2) is 4.98 Å². The van der Waals surface area contributed by atoms with Crippen molar-refractivity contribution < 1.29 is 13.9 Å². The predicted octanol–water partition coefficient (Wildman–Crippen LogP) is 3.56. The summed E-state index contributed by atoms with van der Waals surface area (Å²) < 4.78 is 12.9. The standard InChI is InChI=1S/C20H17N3O3/c1-25-17-8-4-6-14-11-18(26-19(14)17)20(24)22-12-15-5-2-3-7-16(15)23-10-9-21-13-23/h2-11,13H,12H2,1H3,(H,22,24). The minimum absolute atomic E-state index is 0.254. The molecule has 1 amide bonds. The molecule has 0 bridgehead atoms. The number of benzene rings is 2. The van der Waals surface area contributed by atoms with Crippen LogP contribution in [0.15, 0.2) is 71.7 Å². The molecule has 0 saturated carbocycles. The lowest BCUT2D eigenvalue weighted by atomic mass is 10.1. The quantitative estimate of drug-likeness (QED) is 0.599. The van der Waals surface area contributed by atoms with Crippen molar-refractivity contribution in [1.82, 2.24) is 14.9 Å². The Morgan fingerprint density at radius 3 is 2.92 bits per heavy atom. The Balaban J connectivity index is 1.55. The summed E-state index contributed by atoms with van der Waals surface area (Å²) in [6.07, 6.45) is 5.31. The van der Waals surface area contributed by atoms with Crippen LogP contribution in [0, 0.1) is 0 Å². The van der Waals surface area contributed by atoms with Gasteiger partial charge in [-0.1, -0.05) is 30.3 Å². The maximum absolute atomic E-state index is 12.5. The fourth-order valence-electron chi connectivity index (χ4n) is 2.89. The number of fused-ring (bicyclic) bond motifs is 1. The largest absolute Gasteiger partial charge is 0.493 e. The van der Waals surface area contributed by atoms with Gasteiger partial charge < -0.3 is 19.0 Å². The van der Waals surface area contributed by atoms with Gasteiger partial charge in [0.25, 0.3) is 5.91 Å². The maximum atomic E-state index is 12.5. The molecule has 0 saturated heterocycles. The highest BCUT2D eigenvalue weighted by Crippen LogP contribution is 2.28. The molecule has 2 heterocycles. The summed E-state index contributed by atoms with van der Waals surface area (Å²) in [6.45, 7) is 0.376. The average molecular weight is 347 g/mol. The van der Waals surface area contributed by atoms with Crippen LogP contribution in [0.2, 0.25) is 0 Å².